The third kappa shape index (κ3) is 5.62. The van der Waals surface area contributed by atoms with Crippen LogP contribution in [-0.2, 0) is 0 Å². The molecule has 0 aliphatic heterocycles. The molecule has 2 aromatic rings. The van der Waals surface area contributed by atoms with Crippen LogP contribution in [0.2, 0.25) is 0 Å². The molecule has 0 spiro atoms. The molecule has 0 aromatic heterocycles. The Balaban J connectivity index is 2.30. The number of nitrogens with zero attached hydrogens (tertiary/aromatic N) is 2. The van der Waals surface area contributed by atoms with Crippen molar-refractivity contribution in [1.82, 2.24) is 0 Å². The fourth-order valence-corrected chi connectivity index (χ4v) is 2.73. The minimum Gasteiger partial charge on any atom is -0.506 e. The molecule has 0 heterocycles. The summed E-state index contributed by atoms with van der Waals surface area (Å²) in [6.07, 6.45) is 3.05. The van der Waals surface area contributed by atoms with Gasteiger partial charge in [-0.05, 0) is 66.4 Å². The van der Waals surface area contributed by atoms with Crippen LogP contribution in [0.25, 0.3) is 11.1 Å². The molecule has 0 saturated carbocycles. The number of hydrogen-bond donors (Lipinski definition) is 2. The predicted molar refractivity (Wildman–Crippen MR) is 119 cm³/mol. The molecular weight excluding hydrogens is 453 g/mol. The van der Waals surface area contributed by atoms with Gasteiger partial charge >= 0.3 is 0 Å². The van der Waals surface area contributed by atoms with Gasteiger partial charge in [-0.15, -0.1) is 5.11 Å². The number of carbonyl (C=O) groups is 1. The monoisotopic (exact) mass is 473 g/mol. The molecule has 0 atom stereocenters. The highest BCUT2D eigenvalue weighted by atomic mass is 127. The van der Waals surface area contributed by atoms with Crippen LogP contribution in [0.5, 0.6) is 0 Å². The van der Waals surface area contributed by atoms with E-state index in [1.165, 1.54) is 12.2 Å². The first-order chi connectivity index (χ1) is 12.8. The van der Waals surface area contributed by atoms with E-state index in [-0.39, 0.29) is 15.4 Å². The molecule has 2 rings (SSSR count). The number of benzene rings is 2. The molecule has 0 aliphatic carbocycles. The minimum atomic E-state index is -0.165. The van der Waals surface area contributed by atoms with Gasteiger partial charge in [-0.25, -0.2) is 0 Å². The first kappa shape index (κ1) is 20.6. The number of rotatable bonds is 6. The number of amides is 1. The van der Waals surface area contributed by atoms with Crippen molar-refractivity contribution < 1.29 is 9.90 Å². The molecule has 0 unspecified atom stereocenters. The zero-order chi connectivity index (χ0) is 20.0. The number of anilines is 1. The Kier molecular flexibility index (Phi) is 7.06. The number of aliphatic hydroxyl groups excluding tert-OH is 1. The van der Waals surface area contributed by atoms with Gasteiger partial charge in [0.1, 0.15) is 11.5 Å². The molecule has 5 nitrogen and oxygen atoms in total. The maximum atomic E-state index is 11.2. The SMILES string of the molecule is C=C/C=C(/N=N/c1ccc(-c2ccc(NC(=O)I)c(C)c2)cc1C)C(=C)O. The van der Waals surface area contributed by atoms with Crippen LogP contribution >= 0.6 is 22.6 Å². The van der Waals surface area contributed by atoms with Gasteiger partial charge in [-0.3, -0.25) is 4.79 Å². The molecular formula is C21H20IN3O2. The van der Waals surface area contributed by atoms with Crippen LogP contribution in [0.4, 0.5) is 16.2 Å². The lowest BCUT2D eigenvalue weighted by molar-refractivity contribution is 0.271. The molecule has 0 aliphatic rings. The zero-order valence-corrected chi connectivity index (χ0v) is 17.3. The van der Waals surface area contributed by atoms with Crippen molar-refractivity contribution in [2.75, 3.05) is 5.32 Å². The minimum absolute atomic E-state index is 0.121. The van der Waals surface area contributed by atoms with Crippen molar-refractivity contribution in [3.05, 3.63) is 84.3 Å². The Morgan fingerprint density at radius 1 is 1.15 bits per heavy atom. The number of nitrogens with one attached hydrogen (secondary N) is 1. The molecule has 1 amide bonds. The van der Waals surface area contributed by atoms with Crippen molar-refractivity contribution >= 4 is 37.9 Å². The number of hydrogen-bond acceptors (Lipinski definition) is 4. The van der Waals surface area contributed by atoms with Crippen molar-refractivity contribution in [3.8, 4) is 11.1 Å². The highest BCUT2D eigenvalue weighted by Crippen LogP contribution is 2.30. The van der Waals surface area contributed by atoms with Crippen molar-refractivity contribution in [2.24, 2.45) is 10.2 Å². The Bertz CT molecular complexity index is 962. The fourth-order valence-electron chi connectivity index (χ4n) is 2.44. The van der Waals surface area contributed by atoms with Gasteiger partial charge < -0.3 is 10.4 Å². The molecule has 2 aromatic carbocycles. The summed E-state index contributed by atoms with van der Waals surface area (Å²) in [6, 6.07) is 11.7. The summed E-state index contributed by atoms with van der Waals surface area (Å²) < 4.78 is -0.121. The van der Waals surface area contributed by atoms with Crippen molar-refractivity contribution in [1.29, 1.82) is 0 Å². The molecule has 2 N–H and O–H groups in total. The lowest BCUT2D eigenvalue weighted by atomic mass is 10.00. The molecule has 0 fully saturated rings. The fraction of sp³-hybridized carbons (Fsp3) is 0.0952. The summed E-state index contributed by atoms with van der Waals surface area (Å²) >= 11 is 1.71. The summed E-state index contributed by atoms with van der Waals surface area (Å²) in [4.78, 5) is 11.2. The third-order valence-corrected chi connectivity index (χ3v) is 4.10. The number of aryl methyl sites for hydroxylation is 2. The number of allylic oxidation sites excluding steroid dienone is 2. The van der Waals surface area contributed by atoms with Crippen LogP contribution in [-0.4, -0.2) is 9.02 Å². The van der Waals surface area contributed by atoms with E-state index >= 15 is 0 Å². The highest BCUT2D eigenvalue weighted by Gasteiger charge is 2.06. The normalized spacial score (nSPS) is 11.4. The second kappa shape index (κ2) is 9.27. The largest absolute Gasteiger partial charge is 0.506 e. The topological polar surface area (TPSA) is 74.0 Å². The van der Waals surface area contributed by atoms with Gasteiger partial charge in [0, 0.05) is 28.3 Å². The van der Waals surface area contributed by atoms with E-state index in [1.54, 1.807) is 22.6 Å². The summed E-state index contributed by atoms with van der Waals surface area (Å²) in [6.45, 7) is 10.9. The van der Waals surface area contributed by atoms with Gasteiger partial charge in [-0.2, -0.15) is 5.11 Å². The van der Waals surface area contributed by atoms with E-state index in [2.05, 4.69) is 28.7 Å². The number of halogens is 1. The lowest BCUT2D eigenvalue weighted by Crippen LogP contribution is -2.01. The Morgan fingerprint density at radius 2 is 1.78 bits per heavy atom. The van der Waals surface area contributed by atoms with Gasteiger partial charge in [0.25, 0.3) is 3.91 Å². The number of aliphatic hydroxyl groups is 1. The summed E-state index contributed by atoms with van der Waals surface area (Å²) in [5, 5.41) is 20.5. The van der Waals surface area contributed by atoms with E-state index in [0.717, 1.165) is 27.9 Å². The first-order valence-corrected chi connectivity index (χ1v) is 9.20. The van der Waals surface area contributed by atoms with Crippen LogP contribution in [0, 0.1) is 13.8 Å². The maximum Gasteiger partial charge on any atom is 0.284 e. The Labute approximate surface area is 172 Å². The van der Waals surface area contributed by atoms with E-state index in [4.69, 9.17) is 0 Å². The Morgan fingerprint density at radius 3 is 2.30 bits per heavy atom. The molecule has 0 bridgehead atoms. The highest BCUT2D eigenvalue weighted by molar-refractivity contribution is 14.1. The summed E-state index contributed by atoms with van der Waals surface area (Å²) in [5.74, 6) is -0.165. The van der Waals surface area contributed by atoms with Crippen LogP contribution in [0.1, 0.15) is 11.1 Å². The molecule has 0 radical (unpaired) electrons. The molecule has 138 valence electrons. The predicted octanol–water partition coefficient (Wildman–Crippen LogP) is 7.16. The quantitative estimate of drug-likeness (QED) is 0.117. The van der Waals surface area contributed by atoms with Gasteiger partial charge in [0.05, 0.1) is 5.69 Å². The van der Waals surface area contributed by atoms with E-state index in [1.807, 2.05) is 50.2 Å². The number of carbonyl (C=O) groups excluding carboxylic acids is 1. The van der Waals surface area contributed by atoms with Crippen LogP contribution in [0.15, 0.2) is 83.4 Å². The average molecular weight is 473 g/mol. The smallest absolute Gasteiger partial charge is 0.284 e. The maximum absolute atomic E-state index is 11.2. The first-order valence-electron chi connectivity index (χ1n) is 8.12. The average Bonchev–Trinajstić information content (AvgIpc) is 2.60. The van der Waals surface area contributed by atoms with Crippen LogP contribution < -0.4 is 5.32 Å². The van der Waals surface area contributed by atoms with Gasteiger partial charge in [0.2, 0.25) is 0 Å². The molecule has 6 heteroatoms. The van der Waals surface area contributed by atoms with Crippen molar-refractivity contribution in [3.63, 3.8) is 0 Å². The van der Waals surface area contributed by atoms with Crippen LogP contribution in [0.3, 0.4) is 0 Å². The lowest BCUT2D eigenvalue weighted by Gasteiger charge is -2.10. The van der Waals surface area contributed by atoms with Gasteiger partial charge in [-0.1, -0.05) is 31.4 Å². The third-order valence-electron chi connectivity index (χ3n) is 3.83. The molecule has 27 heavy (non-hydrogen) atoms. The standard InChI is InChI=1S/C21H20IN3O2/c1-5-6-20(15(4)26)25-24-19-10-8-17(12-14(19)3)16-7-9-18(13(2)11-16)23-21(22)27/h5-12,26H,1,4H2,2-3H3,(H,23,27)/b20-6+,25-24+. The van der Waals surface area contributed by atoms with Crippen molar-refractivity contribution in [2.45, 2.75) is 13.8 Å². The second-order valence-electron chi connectivity index (χ2n) is 5.86. The summed E-state index contributed by atoms with van der Waals surface area (Å²) in [5.41, 5.74) is 5.76. The van der Waals surface area contributed by atoms with E-state index in [0.29, 0.717) is 5.69 Å². The zero-order valence-electron chi connectivity index (χ0n) is 15.2. The van der Waals surface area contributed by atoms with Gasteiger partial charge in [0.15, 0.2) is 0 Å². The van der Waals surface area contributed by atoms with E-state index in [9.17, 15) is 9.90 Å². The summed E-state index contributed by atoms with van der Waals surface area (Å²) in [7, 11) is 0. The number of azo groups is 1. The Hall–Kier alpha value is -2.74. The second-order valence-corrected chi connectivity index (χ2v) is 6.84. The molecule has 0 saturated heterocycles. The van der Waals surface area contributed by atoms with E-state index < -0.39 is 0 Å².